The first-order valence-corrected chi connectivity index (χ1v) is 9.17. The highest BCUT2D eigenvalue weighted by atomic mass is 16.5. The van der Waals surface area contributed by atoms with Crippen LogP contribution in [0.1, 0.15) is 11.1 Å². The predicted molar refractivity (Wildman–Crippen MR) is 114 cm³/mol. The van der Waals surface area contributed by atoms with Gasteiger partial charge in [-0.05, 0) is 41.8 Å². The lowest BCUT2D eigenvalue weighted by Gasteiger charge is -2.09. The SMILES string of the molecule is COc1ccccc1CCNC(=O)/C(C#N)=C/C=C/c1cc(OC)c(O)c(OC)c1. The molecule has 0 atom stereocenters. The second-order valence-corrected chi connectivity index (χ2v) is 6.14. The zero-order chi connectivity index (χ0) is 21.9. The van der Waals surface area contributed by atoms with Crippen molar-refractivity contribution >= 4 is 12.0 Å². The van der Waals surface area contributed by atoms with Gasteiger partial charge < -0.3 is 24.6 Å². The van der Waals surface area contributed by atoms with E-state index in [0.717, 1.165) is 11.3 Å². The molecule has 0 saturated heterocycles. The summed E-state index contributed by atoms with van der Waals surface area (Å²) in [5.74, 6) is 0.711. The van der Waals surface area contributed by atoms with Gasteiger partial charge in [-0.1, -0.05) is 30.4 Å². The lowest BCUT2D eigenvalue weighted by molar-refractivity contribution is -0.117. The third kappa shape index (κ3) is 5.79. The number of nitrogens with one attached hydrogen (secondary N) is 1. The molecule has 0 fully saturated rings. The summed E-state index contributed by atoms with van der Waals surface area (Å²) >= 11 is 0. The van der Waals surface area contributed by atoms with Crippen molar-refractivity contribution in [2.24, 2.45) is 0 Å². The molecule has 0 aromatic heterocycles. The Morgan fingerprint density at radius 2 is 1.73 bits per heavy atom. The lowest BCUT2D eigenvalue weighted by Crippen LogP contribution is -2.26. The van der Waals surface area contributed by atoms with Crippen LogP contribution in [0.25, 0.3) is 6.08 Å². The Labute approximate surface area is 175 Å². The van der Waals surface area contributed by atoms with Gasteiger partial charge in [0.25, 0.3) is 5.91 Å². The zero-order valence-corrected chi connectivity index (χ0v) is 17.1. The molecule has 30 heavy (non-hydrogen) atoms. The van der Waals surface area contributed by atoms with Gasteiger partial charge in [0, 0.05) is 6.54 Å². The topological polar surface area (TPSA) is 101 Å². The maximum atomic E-state index is 12.3. The molecule has 0 aliphatic heterocycles. The minimum absolute atomic E-state index is 0.0241. The average molecular weight is 408 g/mol. The summed E-state index contributed by atoms with van der Waals surface area (Å²) in [5, 5.41) is 22.0. The number of amides is 1. The van der Waals surface area contributed by atoms with Gasteiger partial charge in [-0.3, -0.25) is 4.79 Å². The van der Waals surface area contributed by atoms with Gasteiger partial charge in [0.15, 0.2) is 11.5 Å². The molecule has 1 amide bonds. The van der Waals surface area contributed by atoms with Gasteiger partial charge in [-0.25, -0.2) is 0 Å². The largest absolute Gasteiger partial charge is 0.502 e. The Morgan fingerprint density at radius 1 is 1.10 bits per heavy atom. The fourth-order valence-corrected chi connectivity index (χ4v) is 2.74. The fourth-order valence-electron chi connectivity index (χ4n) is 2.74. The van der Waals surface area contributed by atoms with Crippen LogP contribution in [0.4, 0.5) is 0 Å². The molecule has 2 N–H and O–H groups in total. The highest BCUT2D eigenvalue weighted by Crippen LogP contribution is 2.37. The molecule has 0 spiro atoms. The number of para-hydroxylation sites is 1. The van der Waals surface area contributed by atoms with Crippen LogP contribution in [-0.4, -0.2) is 38.9 Å². The van der Waals surface area contributed by atoms with Crippen molar-refractivity contribution in [2.75, 3.05) is 27.9 Å². The third-order valence-electron chi connectivity index (χ3n) is 4.29. The number of nitrogens with zero attached hydrogens (tertiary/aromatic N) is 1. The van der Waals surface area contributed by atoms with E-state index in [4.69, 9.17) is 14.2 Å². The van der Waals surface area contributed by atoms with Crippen LogP contribution in [0, 0.1) is 11.3 Å². The van der Waals surface area contributed by atoms with E-state index in [1.807, 2.05) is 30.3 Å². The lowest BCUT2D eigenvalue weighted by atomic mass is 10.1. The van der Waals surface area contributed by atoms with Gasteiger partial charge in [0.1, 0.15) is 17.4 Å². The first-order chi connectivity index (χ1) is 14.5. The predicted octanol–water partition coefficient (Wildman–Crippen LogP) is 3.24. The number of phenolic OH excluding ortho intramolecular Hbond substituents is 1. The Hall–Kier alpha value is -3.92. The van der Waals surface area contributed by atoms with Crippen molar-refractivity contribution in [1.82, 2.24) is 5.32 Å². The minimum Gasteiger partial charge on any atom is -0.502 e. The number of allylic oxidation sites excluding steroid dienone is 2. The van der Waals surface area contributed by atoms with Crippen molar-refractivity contribution in [1.29, 1.82) is 5.26 Å². The molecule has 0 bridgehead atoms. The molecule has 2 rings (SSSR count). The number of phenols is 1. The van der Waals surface area contributed by atoms with Crippen molar-refractivity contribution in [3.8, 4) is 29.1 Å². The van der Waals surface area contributed by atoms with E-state index >= 15 is 0 Å². The Bertz CT molecular complexity index is 964. The smallest absolute Gasteiger partial charge is 0.261 e. The first-order valence-electron chi connectivity index (χ1n) is 9.17. The van der Waals surface area contributed by atoms with Crippen molar-refractivity contribution in [3.63, 3.8) is 0 Å². The van der Waals surface area contributed by atoms with Gasteiger partial charge >= 0.3 is 0 Å². The number of carbonyl (C=O) groups is 1. The molecule has 7 nitrogen and oxygen atoms in total. The second kappa shape index (κ2) is 11.2. The van der Waals surface area contributed by atoms with Crippen LogP contribution in [0.2, 0.25) is 0 Å². The van der Waals surface area contributed by atoms with E-state index in [-0.39, 0.29) is 22.8 Å². The van der Waals surface area contributed by atoms with Crippen molar-refractivity contribution < 1.29 is 24.1 Å². The first kappa shape index (κ1) is 22.4. The van der Waals surface area contributed by atoms with Crippen LogP contribution >= 0.6 is 0 Å². The van der Waals surface area contributed by atoms with Gasteiger partial charge in [0.2, 0.25) is 5.75 Å². The van der Waals surface area contributed by atoms with E-state index in [2.05, 4.69) is 5.32 Å². The normalized spacial score (nSPS) is 11.1. The highest BCUT2D eigenvalue weighted by Gasteiger charge is 2.10. The zero-order valence-electron chi connectivity index (χ0n) is 17.1. The molecule has 0 aliphatic carbocycles. The van der Waals surface area contributed by atoms with Crippen molar-refractivity contribution in [2.45, 2.75) is 6.42 Å². The summed E-state index contributed by atoms with van der Waals surface area (Å²) in [7, 11) is 4.47. The molecule has 156 valence electrons. The van der Waals surface area contributed by atoms with Gasteiger partial charge in [0.05, 0.1) is 21.3 Å². The summed E-state index contributed by atoms with van der Waals surface area (Å²) in [6.07, 6.45) is 5.25. The molecular formula is C23H24N2O5. The van der Waals surface area contributed by atoms with Gasteiger partial charge in [-0.2, -0.15) is 5.26 Å². The molecular weight excluding hydrogens is 384 g/mol. The highest BCUT2D eigenvalue weighted by molar-refractivity contribution is 5.97. The second-order valence-electron chi connectivity index (χ2n) is 6.14. The number of aromatic hydroxyl groups is 1. The summed E-state index contributed by atoms with van der Waals surface area (Å²) in [5.41, 5.74) is 1.62. The van der Waals surface area contributed by atoms with Crippen LogP contribution in [0.5, 0.6) is 23.0 Å². The van der Waals surface area contributed by atoms with E-state index in [1.54, 1.807) is 31.4 Å². The number of carbonyl (C=O) groups excluding carboxylic acids is 1. The summed E-state index contributed by atoms with van der Waals surface area (Å²) in [6, 6.07) is 12.7. The van der Waals surface area contributed by atoms with Crippen LogP contribution in [-0.2, 0) is 11.2 Å². The van der Waals surface area contributed by atoms with Gasteiger partial charge in [-0.15, -0.1) is 0 Å². The number of methoxy groups -OCH3 is 3. The maximum absolute atomic E-state index is 12.3. The number of hydrogen-bond acceptors (Lipinski definition) is 6. The number of nitriles is 1. The van der Waals surface area contributed by atoms with Crippen LogP contribution in [0.3, 0.4) is 0 Å². The Balaban J connectivity index is 2.03. The summed E-state index contributed by atoms with van der Waals surface area (Å²) < 4.78 is 15.5. The standard InChI is InChI=1S/C23H24N2O5/c1-28-19-10-5-4-8-17(19)11-12-25-23(27)18(15-24)9-6-7-16-13-20(29-2)22(26)21(14-16)30-3/h4-10,13-14,26H,11-12H2,1-3H3,(H,25,27)/b7-6+,18-9+. The molecule has 0 unspecified atom stereocenters. The van der Waals surface area contributed by atoms with Crippen LogP contribution < -0.4 is 19.5 Å². The molecule has 7 heteroatoms. The molecule has 0 saturated carbocycles. The number of rotatable bonds is 9. The molecule has 2 aromatic carbocycles. The molecule has 2 aromatic rings. The molecule has 0 radical (unpaired) electrons. The van der Waals surface area contributed by atoms with E-state index in [0.29, 0.717) is 18.5 Å². The molecule has 0 aliphatic rings. The number of benzene rings is 2. The summed E-state index contributed by atoms with van der Waals surface area (Å²) in [4.78, 5) is 12.3. The maximum Gasteiger partial charge on any atom is 0.261 e. The number of hydrogen-bond donors (Lipinski definition) is 2. The summed E-state index contributed by atoms with van der Waals surface area (Å²) in [6.45, 7) is 0.369. The number of ether oxygens (including phenoxy) is 3. The van der Waals surface area contributed by atoms with E-state index in [1.165, 1.54) is 20.3 Å². The monoisotopic (exact) mass is 408 g/mol. The van der Waals surface area contributed by atoms with E-state index < -0.39 is 5.91 Å². The Kier molecular flexibility index (Phi) is 8.33. The average Bonchev–Trinajstić information content (AvgIpc) is 2.77. The quantitative estimate of drug-likeness (QED) is 0.375. The molecule has 0 heterocycles. The minimum atomic E-state index is -0.460. The van der Waals surface area contributed by atoms with Crippen molar-refractivity contribution in [3.05, 3.63) is 65.3 Å². The third-order valence-corrected chi connectivity index (χ3v) is 4.29. The fraction of sp³-hybridized carbons (Fsp3) is 0.217. The Morgan fingerprint density at radius 3 is 2.33 bits per heavy atom. The van der Waals surface area contributed by atoms with E-state index in [9.17, 15) is 15.2 Å². The van der Waals surface area contributed by atoms with Crippen LogP contribution in [0.15, 0.2) is 54.1 Å².